The van der Waals surface area contributed by atoms with Gasteiger partial charge < -0.3 is 20.4 Å². The number of benzene rings is 1. The SMILES string of the molecule is CCNC(=O)N(Cc1cc(NC(=O)C(C)C)ccc1N(C)C)[C@@H](C)C(C)C. The van der Waals surface area contributed by atoms with Gasteiger partial charge in [-0.25, -0.2) is 4.79 Å². The number of carbonyl (C=O) groups is 2. The zero-order chi connectivity index (χ0) is 20.7. The zero-order valence-electron chi connectivity index (χ0n) is 18.1. The largest absolute Gasteiger partial charge is 0.377 e. The predicted octanol–water partition coefficient (Wildman–Crippen LogP) is 3.92. The topological polar surface area (TPSA) is 64.7 Å². The summed E-state index contributed by atoms with van der Waals surface area (Å²) in [5, 5.41) is 5.87. The van der Waals surface area contributed by atoms with E-state index in [1.807, 2.05) is 62.9 Å². The Balaban J connectivity index is 3.24. The molecule has 6 heteroatoms. The van der Waals surface area contributed by atoms with Crippen molar-refractivity contribution in [1.82, 2.24) is 10.2 Å². The van der Waals surface area contributed by atoms with Crippen LogP contribution < -0.4 is 15.5 Å². The monoisotopic (exact) mass is 376 g/mol. The molecule has 0 saturated carbocycles. The van der Waals surface area contributed by atoms with E-state index < -0.39 is 0 Å². The number of hydrogen-bond donors (Lipinski definition) is 2. The third-order valence-electron chi connectivity index (χ3n) is 4.74. The quantitative estimate of drug-likeness (QED) is 0.723. The van der Waals surface area contributed by atoms with Crippen molar-refractivity contribution in [2.24, 2.45) is 11.8 Å². The molecular formula is C21H36N4O2. The molecule has 0 aliphatic rings. The summed E-state index contributed by atoms with van der Waals surface area (Å²) in [7, 11) is 3.96. The van der Waals surface area contributed by atoms with Crippen molar-refractivity contribution < 1.29 is 9.59 Å². The van der Waals surface area contributed by atoms with Gasteiger partial charge in [-0.3, -0.25) is 4.79 Å². The number of nitrogens with one attached hydrogen (secondary N) is 2. The van der Waals surface area contributed by atoms with Crippen LogP contribution in [0.4, 0.5) is 16.2 Å². The summed E-state index contributed by atoms with van der Waals surface area (Å²) < 4.78 is 0. The summed E-state index contributed by atoms with van der Waals surface area (Å²) >= 11 is 0. The standard InChI is InChI=1S/C21H36N4O2/c1-9-22-21(27)25(16(6)14(2)3)13-17-12-18(23-20(26)15(4)5)10-11-19(17)24(7)8/h10-12,14-16H,9,13H2,1-8H3,(H,22,27)(H,23,26)/t16-/m0/s1. The van der Waals surface area contributed by atoms with Gasteiger partial charge in [0.05, 0.1) is 0 Å². The van der Waals surface area contributed by atoms with Gasteiger partial charge in [0.1, 0.15) is 0 Å². The van der Waals surface area contributed by atoms with Crippen LogP contribution in [0.15, 0.2) is 18.2 Å². The van der Waals surface area contributed by atoms with Crippen LogP contribution in [0.2, 0.25) is 0 Å². The van der Waals surface area contributed by atoms with Gasteiger partial charge in [0.25, 0.3) is 0 Å². The first kappa shape index (κ1) is 22.8. The fraction of sp³-hybridized carbons (Fsp3) is 0.619. The fourth-order valence-electron chi connectivity index (χ4n) is 2.71. The highest BCUT2D eigenvalue weighted by atomic mass is 16.2. The lowest BCUT2D eigenvalue weighted by molar-refractivity contribution is -0.118. The number of nitrogens with zero attached hydrogens (tertiary/aromatic N) is 2. The van der Waals surface area contributed by atoms with Gasteiger partial charge >= 0.3 is 6.03 Å². The Morgan fingerprint density at radius 1 is 1.07 bits per heavy atom. The van der Waals surface area contributed by atoms with Crippen LogP contribution in [0.5, 0.6) is 0 Å². The molecule has 27 heavy (non-hydrogen) atoms. The molecule has 0 saturated heterocycles. The van der Waals surface area contributed by atoms with Crippen molar-refractivity contribution in [1.29, 1.82) is 0 Å². The van der Waals surface area contributed by atoms with Crippen molar-refractivity contribution in [3.8, 4) is 0 Å². The molecule has 0 heterocycles. The van der Waals surface area contributed by atoms with E-state index in [0.29, 0.717) is 19.0 Å². The molecule has 3 amide bonds. The first-order valence-electron chi connectivity index (χ1n) is 9.74. The van der Waals surface area contributed by atoms with Crippen molar-refractivity contribution in [3.63, 3.8) is 0 Å². The summed E-state index contributed by atoms with van der Waals surface area (Å²) in [5.74, 6) is 0.226. The third kappa shape index (κ3) is 6.45. The minimum absolute atomic E-state index is 0.0188. The number of carbonyl (C=O) groups excluding carboxylic acids is 2. The zero-order valence-corrected chi connectivity index (χ0v) is 18.1. The average Bonchev–Trinajstić information content (AvgIpc) is 2.58. The Kier molecular flexibility index (Phi) is 8.60. The summed E-state index contributed by atoms with van der Waals surface area (Å²) in [4.78, 5) is 28.6. The van der Waals surface area contributed by atoms with Crippen molar-refractivity contribution in [3.05, 3.63) is 23.8 Å². The van der Waals surface area contributed by atoms with Gasteiger partial charge in [0, 0.05) is 50.5 Å². The third-order valence-corrected chi connectivity index (χ3v) is 4.74. The Labute approximate surface area is 164 Å². The molecule has 6 nitrogen and oxygen atoms in total. The van der Waals surface area contributed by atoms with Gasteiger partial charge in [-0.2, -0.15) is 0 Å². The Morgan fingerprint density at radius 2 is 1.70 bits per heavy atom. The maximum Gasteiger partial charge on any atom is 0.317 e. The normalized spacial score (nSPS) is 12.1. The summed E-state index contributed by atoms with van der Waals surface area (Å²) in [6.07, 6.45) is 0. The molecule has 2 N–H and O–H groups in total. The lowest BCUT2D eigenvalue weighted by Crippen LogP contribution is -2.46. The second-order valence-corrected chi connectivity index (χ2v) is 7.83. The molecule has 0 unspecified atom stereocenters. The molecule has 0 aromatic heterocycles. The van der Waals surface area contributed by atoms with E-state index in [4.69, 9.17) is 0 Å². The van der Waals surface area contributed by atoms with Crippen molar-refractivity contribution in [2.75, 3.05) is 30.9 Å². The fourth-order valence-corrected chi connectivity index (χ4v) is 2.71. The minimum atomic E-state index is -0.0882. The van der Waals surface area contributed by atoms with Crippen LogP contribution in [-0.2, 0) is 11.3 Å². The highest BCUT2D eigenvalue weighted by molar-refractivity contribution is 5.92. The Hall–Kier alpha value is -2.24. The van der Waals surface area contributed by atoms with E-state index in [-0.39, 0.29) is 23.9 Å². The maximum absolute atomic E-state index is 12.7. The highest BCUT2D eigenvalue weighted by Gasteiger charge is 2.24. The number of rotatable bonds is 8. The minimum Gasteiger partial charge on any atom is -0.377 e. The van der Waals surface area contributed by atoms with Gasteiger partial charge in [-0.1, -0.05) is 27.7 Å². The van der Waals surface area contributed by atoms with E-state index in [9.17, 15) is 9.59 Å². The van der Waals surface area contributed by atoms with Crippen LogP contribution in [0.1, 0.15) is 47.1 Å². The van der Waals surface area contributed by atoms with Crippen molar-refractivity contribution in [2.45, 2.75) is 54.1 Å². The van der Waals surface area contributed by atoms with E-state index in [1.54, 1.807) is 0 Å². The molecule has 1 aromatic carbocycles. The summed E-state index contributed by atoms with van der Waals surface area (Å²) in [6, 6.07) is 5.87. The van der Waals surface area contributed by atoms with Crippen LogP contribution >= 0.6 is 0 Å². The Morgan fingerprint density at radius 3 is 2.19 bits per heavy atom. The van der Waals surface area contributed by atoms with Crippen LogP contribution in [0.25, 0.3) is 0 Å². The second kappa shape index (κ2) is 10.2. The molecule has 0 radical (unpaired) electrons. The van der Waals surface area contributed by atoms with E-state index in [1.165, 1.54) is 0 Å². The van der Waals surface area contributed by atoms with E-state index in [0.717, 1.165) is 16.9 Å². The second-order valence-electron chi connectivity index (χ2n) is 7.83. The number of hydrogen-bond acceptors (Lipinski definition) is 3. The molecule has 1 rings (SSSR count). The van der Waals surface area contributed by atoms with Gasteiger partial charge in [-0.15, -0.1) is 0 Å². The first-order valence-corrected chi connectivity index (χ1v) is 9.74. The van der Waals surface area contributed by atoms with Crippen LogP contribution in [0.3, 0.4) is 0 Å². The molecule has 1 aromatic rings. The molecular weight excluding hydrogens is 340 g/mol. The average molecular weight is 377 g/mol. The maximum atomic E-state index is 12.7. The number of anilines is 2. The molecule has 1 atom stereocenters. The van der Waals surface area contributed by atoms with E-state index in [2.05, 4.69) is 31.4 Å². The molecule has 0 fully saturated rings. The van der Waals surface area contributed by atoms with Gasteiger partial charge in [-0.05, 0) is 43.5 Å². The van der Waals surface area contributed by atoms with E-state index >= 15 is 0 Å². The Bertz CT molecular complexity index is 641. The molecule has 0 aliphatic carbocycles. The summed E-state index contributed by atoms with van der Waals surface area (Å²) in [5.41, 5.74) is 2.78. The first-order chi connectivity index (χ1) is 12.6. The lowest BCUT2D eigenvalue weighted by atomic mass is 10.0. The van der Waals surface area contributed by atoms with Crippen LogP contribution in [0, 0.1) is 11.8 Å². The predicted molar refractivity (Wildman–Crippen MR) is 113 cm³/mol. The number of amides is 3. The molecule has 152 valence electrons. The number of urea groups is 1. The van der Waals surface area contributed by atoms with Crippen LogP contribution in [-0.4, -0.2) is 43.5 Å². The highest BCUT2D eigenvalue weighted by Crippen LogP contribution is 2.26. The summed E-state index contributed by atoms with van der Waals surface area (Å²) in [6.45, 7) is 13.0. The molecule has 0 aliphatic heterocycles. The van der Waals surface area contributed by atoms with Crippen molar-refractivity contribution >= 4 is 23.3 Å². The smallest absolute Gasteiger partial charge is 0.317 e. The molecule has 0 bridgehead atoms. The van der Waals surface area contributed by atoms with Gasteiger partial charge in [0.2, 0.25) is 5.91 Å². The van der Waals surface area contributed by atoms with Gasteiger partial charge in [0.15, 0.2) is 0 Å². The lowest BCUT2D eigenvalue weighted by Gasteiger charge is -2.33. The molecule has 0 spiro atoms.